The number of nitrogens with one attached hydrogen (secondary N) is 1. The molecule has 1 amide bonds. The molecule has 24 heavy (non-hydrogen) atoms. The summed E-state index contributed by atoms with van der Waals surface area (Å²) in [5.74, 6) is 1.52. The van der Waals surface area contributed by atoms with Gasteiger partial charge in [-0.2, -0.15) is 0 Å². The monoisotopic (exact) mass is 389 g/mol. The molecule has 1 saturated heterocycles. The van der Waals surface area contributed by atoms with Crippen LogP contribution in [0.2, 0.25) is 0 Å². The van der Waals surface area contributed by atoms with Crippen LogP contribution in [-0.4, -0.2) is 40.5 Å². The van der Waals surface area contributed by atoms with Gasteiger partial charge in [0.2, 0.25) is 0 Å². The number of ether oxygens (including phenoxy) is 1. The normalized spacial score (nSPS) is 18.2. The molecule has 1 fully saturated rings. The maximum atomic E-state index is 13.1. The van der Waals surface area contributed by atoms with Crippen molar-refractivity contribution in [2.75, 3.05) is 19.8 Å². The average molecular weight is 390 g/mol. The van der Waals surface area contributed by atoms with Gasteiger partial charge in [-0.05, 0) is 41.1 Å². The van der Waals surface area contributed by atoms with E-state index in [0.717, 1.165) is 21.4 Å². The number of halogens is 1. The van der Waals surface area contributed by atoms with Crippen LogP contribution in [0.3, 0.4) is 0 Å². The highest BCUT2D eigenvalue weighted by atomic mass is 79.9. The SMILES string of the molecule is Cc1ccc(C2COCCN2C(=O)c2c[nH]c3ncc(Br)cc23)o1. The number of rotatable bonds is 2. The minimum atomic E-state index is -0.218. The Labute approximate surface area is 146 Å². The Morgan fingerprint density at radius 2 is 2.33 bits per heavy atom. The van der Waals surface area contributed by atoms with E-state index in [1.165, 1.54) is 0 Å². The van der Waals surface area contributed by atoms with Crippen LogP contribution < -0.4 is 0 Å². The van der Waals surface area contributed by atoms with E-state index in [1.54, 1.807) is 12.4 Å². The highest BCUT2D eigenvalue weighted by Gasteiger charge is 2.32. The lowest BCUT2D eigenvalue weighted by atomic mass is 10.1. The van der Waals surface area contributed by atoms with Gasteiger partial charge in [0, 0.05) is 28.8 Å². The second-order valence-corrected chi connectivity index (χ2v) is 6.71. The quantitative estimate of drug-likeness (QED) is 0.728. The molecule has 1 aliphatic heterocycles. The Balaban J connectivity index is 1.71. The smallest absolute Gasteiger partial charge is 0.256 e. The van der Waals surface area contributed by atoms with Crippen molar-refractivity contribution in [3.8, 4) is 0 Å². The number of carbonyl (C=O) groups excluding carboxylic acids is 1. The van der Waals surface area contributed by atoms with Crippen molar-refractivity contribution < 1.29 is 13.9 Å². The summed E-state index contributed by atoms with van der Waals surface area (Å²) in [6.07, 6.45) is 3.42. The molecule has 0 aliphatic carbocycles. The molecule has 1 atom stereocenters. The van der Waals surface area contributed by atoms with Crippen LogP contribution in [0.5, 0.6) is 0 Å². The van der Waals surface area contributed by atoms with Crippen molar-refractivity contribution in [3.63, 3.8) is 0 Å². The lowest BCUT2D eigenvalue weighted by molar-refractivity contribution is -0.00884. The number of furan rings is 1. The molecule has 1 N–H and O–H groups in total. The van der Waals surface area contributed by atoms with Crippen LogP contribution in [0, 0.1) is 6.92 Å². The number of amides is 1. The predicted molar refractivity (Wildman–Crippen MR) is 91.8 cm³/mol. The number of fused-ring (bicyclic) bond motifs is 1. The van der Waals surface area contributed by atoms with E-state index in [2.05, 4.69) is 25.9 Å². The number of hydrogen-bond donors (Lipinski definition) is 1. The largest absolute Gasteiger partial charge is 0.464 e. The Kier molecular flexibility index (Phi) is 3.90. The number of carbonyl (C=O) groups is 1. The molecule has 7 heteroatoms. The third-order valence-corrected chi connectivity index (χ3v) is 4.64. The number of morpholine rings is 1. The summed E-state index contributed by atoms with van der Waals surface area (Å²) >= 11 is 3.41. The second kappa shape index (κ2) is 6.07. The van der Waals surface area contributed by atoms with Gasteiger partial charge >= 0.3 is 0 Å². The molecule has 1 aliphatic rings. The van der Waals surface area contributed by atoms with E-state index < -0.39 is 0 Å². The number of nitrogens with zero attached hydrogens (tertiary/aromatic N) is 2. The van der Waals surface area contributed by atoms with E-state index in [-0.39, 0.29) is 11.9 Å². The van der Waals surface area contributed by atoms with Gasteiger partial charge in [-0.15, -0.1) is 0 Å². The molecule has 0 radical (unpaired) electrons. The molecule has 4 rings (SSSR count). The summed E-state index contributed by atoms with van der Waals surface area (Å²) in [7, 11) is 0. The Morgan fingerprint density at radius 1 is 1.46 bits per heavy atom. The predicted octanol–water partition coefficient (Wildman–Crippen LogP) is 3.44. The zero-order valence-electron chi connectivity index (χ0n) is 13.1. The van der Waals surface area contributed by atoms with Crippen molar-refractivity contribution in [1.29, 1.82) is 0 Å². The molecule has 3 aromatic heterocycles. The van der Waals surface area contributed by atoms with Gasteiger partial charge in [0.25, 0.3) is 5.91 Å². The Morgan fingerprint density at radius 3 is 3.12 bits per heavy atom. The molecule has 124 valence electrons. The van der Waals surface area contributed by atoms with Crippen LogP contribution in [0.25, 0.3) is 11.0 Å². The van der Waals surface area contributed by atoms with Gasteiger partial charge in [-0.25, -0.2) is 4.98 Å². The van der Waals surface area contributed by atoms with Crippen LogP contribution in [-0.2, 0) is 4.74 Å². The maximum Gasteiger partial charge on any atom is 0.256 e. The summed E-state index contributed by atoms with van der Waals surface area (Å²) < 4.78 is 12.1. The van der Waals surface area contributed by atoms with E-state index in [0.29, 0.717) is 31.0 Å². The molecular formula is C17H16BrN3O3. The molecule has 6 nitrogen and oxygen atoms in total. The van der Waals surface area contributed by atoms with Gasteiger partial charge in [-0.1, -0.05) is 0 Å². The molecule has 0 bridgehead atoms. The van der Waals surface area contributed by atoms with Crippen LogP contribution >= 0.6 is 15.9 Å². The van der Waals surface area contributed by atoms with Crippen molar-refractivity contribution >= 4 is 32.9 Å². The lowest BCUT2D eigenvalue weighted by Gasteiger charge is -2.34. The maximum absolute atomic E-state index is 13.1. The number of hydrogen-bond acceptors (Lipinski definition) is 4. The standard InChI is InChI=1S/C17H16BrN3O3/c1-10-2-3-15(24-10)14-9-23-5-4-21(14)17(22)13-8-20-16-12(13)6-11(18)7-19-16/h2-3,6-8,14H,4-5,9H2,1H3,(H,19,20). The summed E-state index contributed by atoms with van der Waals surface area (Å²) in [6.45, 7) is 3.37. The highest BCUT2D eigenvalue weighted by Crippen LogP contribution is 2.29. The first kappa shape index (κ1) is 15.4. The molecule has 4 heterocycles. The lowest BCUT2D eigenvalue weighted by Crippen LogP contribution is -2.43. The first-order valence-electron chi connectivity index (χ1n) is 7.71. The third-order valence-electron chi connectivity index (χ3n) is 4.21. The zero-order valence-corrected chi connectivity index (χ0v) is 14.7. The first-order valence-corrected chi connectivity index (χ1v) is 8.50. The van der Waals surface area contributed by atoms with Crippen molar-refractivity contribution in [2.24, 2.45) is 0 Å². The van der Waals surface area contributed by atoms with E-state index in [1.807, 2.05) is 30.0 Å². The van der Waals surface area contributed by atoms with Crippen LogP contribution in [0.4, 0.5) is 0 Å². The molecule has 0 aromatic carbocycles. The van der Waals surface area contributed by atoms with E-state index >= 15 is 0 Å². The third kappa shape index (κ3) is 2.63. The summed E-state index contributed by atoms with van der Waals surface area (Å²) in [5.41, 5.74) is 1.30. The van der Waals surface area contributed by atoms with Gasteiger partial charge in [0.05, 0.1) is 18.8 Å². The Bertz CT molecular complexity index is 902. The topological polar surface area (TPSA) is 71.4 Å². The van der Waals surface area contributed by atoms with Crippen molar-refractivity contribution in [1.82, 2.24) is 14.9 Å². The highest BCUT2D eigenvalue weighted by molar-refractivity contribution is 9.10. The van der Waals surface area contributed by atoms with Gasteiger partial charge in [0.15, 0.2) is 0 Å². The number of H-pyrrole nitrogens is 1. The zero-order chi connectivity index (χ0) is 16.7. The molecule has 0 saturated carbocycles. The molecule has 0 spiro atoms. The van der Waals surface area contributed by atoms with Crippen LogP contribution in [0.1, 0.15) is 27.9 Å². The Hall–Kier alpha value is -2.12. The van der Waals surface area contributed by atoms with Gasteiger partial charge in [-0.3, -0.25) is 4.79 Å². The van der Waals surface area contributed by atoms with E-state index in [9.17, 15) is 4.79 Å². The van der Waals surface area contributed by atoms with Crippen molar-refractivity contribution in [2.45, 2.75) is 13.0 Å². The molecular weight excluding hydrogens is 374 g/mol. The van der Waals surface area contributed by atoms with Gasteiger partial charge in [0.1, 0.15) is 23.2 Å². The average Bonchev–Trinajstić information content (AvgIpc) is 3.20. The number of pyridine rings is 1. The summed E-state index contributed by atoms with van der Waals surface area (Å²) in [4.78, 5) is 22.3. The number of aryl methyl sites for hydroxylation is 1. The molecule has 1 unspecified atom stereocenters. The number of aromatic amines is 1. The fourth-order valence-electron chi connectivity index (χ4n) is 3.02. The second-order valence-electron chi connectivity index (χ2n) is 5.79. The summed E-state index contributed by atoms with van der Waals surface area (Å²) in [5, 5.41) is 0.801. The fourth-order valence-corrected chi connectivity index (χ4v) is 3.36. The molecule has 3 aromatic rings. The van der Waals surface area contributed by atoms with Gasteiger partial charge < -0.3 is 19.0 Å². The minimum Gasteiger partial charge on any atom is -0.464 e. The first-order chi connectivity index (χ1) is 11.6. The van der Waals surface area contributed by atoms with Crippen LogP contribution in [0.15, 0.2) is 39.5 Å². The van der Waals surface area contributed by atoms with Crippen molar-refractivity contribution in [3.05, 3.63) is 52.1 Å². The fraction of sp³-hybridized carbons (Fsp3) is 0.294. The van der Waals surface area contributed by atoms with E-state index in [4.69, 9.17) is 9.15 Å². The summed E-state index contributed by atoms with van der Waals surface area (Å²) in [6, 6.07) is 5.49. The minimum absolute atomic E-state index is 0.0523. The number of aromatic nitrogens is 2.